The lowest BCUT2D eigenvalue weighted by Gasteiger charge is -2.24. The van der Waals surface area contributed by atoms with E-state index in [1.165, 1.54) is 6.42 Å². The molecule has 4 amide bonds. The van der Waals surface area contributed by atoms with Gasteiger partial charge in [0.2, 0.25) is 17.7 Å². The molecule has 2 aliphatic carbocycles. The summed E-state index contributed by atoms with van der Waals surface area (Å²) in [4.78, 5) is 51.4. The molecule has 4 rings (SSSR count). The molecule has 31 heavy (non-hydrogen) atoms. The minimum absolute atomic E-state index is 0.0620. The van der Waals surface area contributed by atoms with E-state index in [0.29, 0.717) is 24.2 Å². The number of benzene rings is 1. The number of carbonyl (C=O) groups is 4. The first-order chi connectivity index (χ1) is 15.1. The summed E-state index contributed by atoms with van der Waals surface area (Å²) in [6.07, 6.45) is 7.08. The second-order valence-electron chi connectivity index (χ2n) is 8.63. The largest absolute Gasteiger partial charge is 0.354 e. The maximum atomic E-state index is 12.9. The summed E-state index contributed by atoms with van der Waals surface area (Å²) in [7, 11) is 0. The quantitative estimate of drug-likeness (QED) is 0.544. The highest BCUT2D eigenvalue weighted by molar-refractivity contribution is 6.05. The number of hydrogen-bond acceptors (Lipinski definition) is 4. The first-order valence-corrected chi connectivity index (χ1v) is 11.3. The van der Waals surface area contributed by atoms with E-state index in [0.717, 1.165) is 38.5 Å². The van der Waals surface area contributed by atoms with Crippen molar-refractivity contribution in [3.05, 3.63) is 35.4 Å². The SMILES string of the molecule is O=C(CNC(=O)C1c2ccccc2C(=O)N1C1CC1)NCCNC(=O)C1CCCCC1. The Labute approximate surface area is 182 Å². The number of rotatable bonds is 8. The van der Waals surface area contributed by atoms with Crippen molar-refractivity contribution in [1.82, 2.24) is 20.9 Å². The van der Waals surface area contributed by atoms with Crippen LogP contribution in [0.1, 0.15) is 66.9 Å². The highest BCUT2D eigenvalue weighted by Crippen LogP contribution is 2.41. The van der Waals surface area contributed by atoms with Crippen LogP contribution in [0.4, 0.5) is 0 Å². The second-order valence-corrected chi connectivity index (χ2v) is 8.63. The molecule has 8 heteroatoms. The van der Waals surface area contributed by atoms with Gasteiger partial charge in [0.05, 0.1) is 6.54 Å². The zero-order valence-electron chi connectivity index (χ0n) is 17.7. The predicted octanol–water partition coefficient (Wildman–Crippen LogP) is 1.27. The molecular formula is C23H30N4O4. The number of carbonyl (C=O) groups excluding carboxylic acids is 4. The van der Waals surface area contributed by atoms with Gasteiger partial charge in [-0.1, -0.05) is 37.5 Å². The molecule has 2 fully saturated rings. The number of nitrogens with zero attached hydrogens (tertiary/aromatic N) is 1. The van der Waals surface area contributed by atoms with Gasteiger partial charge in [-0.05, 0) is 37.3 Å². The molecule has 1 aromatic rings. The Balaban J connectivity index is 1.21. The van der Waals surface area contributed by atoms with Gasteiger partial charge < -0.3 is 20.9 Å². The highest BCUT2D eigenvalue weighted by Gasteiger charge is 2.47. The van der Waals surface area contributed by atoms with Gasteiger partial charge in [-0.15, -0.1) is 0 Å². The Bertz CT molecular complexity index is 861. The second kappa shape index (κ2) is 9.49. The van der Waals surface area contributed by atoms with Gasteiger partial charge >= 0.3 is 0 Å². The van der Waals surface area contributed by atoms with Crippen LogP contribution in [0.25, 0.3) is 0 Å². The van der Waals surface area contributed by atoms with Crippen molar-refractivity contribution in [3.8, 4) is 0 Å². The van der Waals surface area contributed by atoms with E-state index in [1.807, 2.05) is 6.07 Å². The first kappa shape index (κ1) is 21.3. The molecule has 3 N–H and O–H groups in total. The minimum atomic E-state index is -0.682. The minimum Gasteiger partial charge on any atom is -0.354 e. The molecule has 1 heterocycles. The van der Waals surface area contributed by atoms with Crippen LogP contribution in [0.15, 0.2) is 24.3 Å². The zero-order chi connectivity index (χ0) is 21.8. The molecule has 0 spiro atoms. The van der Waals surface area contributed by atoms with Crippen LogP contribution in [0.3, 0.4) is 0 Å². The van der Waals surface area contributed by atoms with Crippen molar-refractivity contribution < 1.29 is 19.2 Å². The van der Waals surface area contributed by atoms with Gasteiger partial charge in [0.1, 0.15) is 6.04 Å². The van der Waals surface area contributed by atoms with Crippen molar-refractivity contribution in [1.29, 1.82) is 0 Å². The van der Waals surface area contributed by atoms with E-state index in [1.54, 1.807) is 23.1 Å². The molecule has 0 radical (unpaired) electrons. The van der Waals surface area contributed by atoms with Gasteiger partial charge in [0.25, 0.3) is 5.91 Å². The van der Waals surface area contributed by atoms with E-state index < -0.39 is 6.04 Å². The van der Waals surface area contributed by atoms with Gasteiger partial charge in [-0.2, -0.15) is 0 Å². The van der Waals surface area contributed by atoms with E-state index in [2.05, 4.69) is 16.0 Å². The third-order valence-corrected chi connectivity index (χ3v) is 6.33. The van der Waals surface area contributed by atoms with E-state index in [-0.39, 0.29) is 42.1 Å². The van der Waals surface area contributed by atoms with Crippen molar-refractivity contribution in [3.63, 3.8) is 0 Å². The summed E-state index contributed by atoms with van der Waals surface area (Å²) in [6.45, 7) is 0.516. The summed E-state index contributed by atoms with van der Waals surface area (Å²) < 4.78 is 0. The topological polar surface area (TPSA) is 108 Å². The normalized spacial score (nSPS) is 20.8. The van der Waals surface area contributed by atoms with Crippen LogP contribution in [0.5, 0.6) is 0 Å². The first-order valence-electron chi connectivity index (χ1n) is 11.3. The van der Waals surface area contributed by atoms with Crippen LogP contribution in [-0.2, 0) is 14.4 Å². The molecule has 0 bridgehead atoms. The molecule has 3 aliphatic rings. The Hall–Kier alpha value is -2.90. The summed E-state index contributed by atoms with van der Waals surface area (Å²) in [5.41, 5.74) is 1.26. The highest BCUT2D eigenvalue weighted by atomic mass is 16.2. The molecule has 0 aromatic heterocycles. The fourth-order valence-corrected chi connectivity index (χ4v) is 4.56. The Kier molecular flexibility index (Phi) is 6.53. The van der Waals surface area contributed by atoms with Crippen LogP contribution in [-0.4, -0.2) is 54.2 Å². The molecule has 2 saturated carbocycles. The number of fused-ring (bicyclic) bond motifs is 1. The third-order valence-electron chi connectivity index (χ3n) is 6.33. The van der Waals surface area contributed by atoms with Crippen LogP contribution in [0, 0.1) is 5.92 Å². The van der Waals surface area contributed by atoms with Crippen molar-refractivity contribution in [2.75, 3.05) is 19.6 Å². The van der Waals surface area contributed by atoms with Crippen molar-refractivity contribution in [2.45, 2.75) is 57.0 Å². The lowest BCUT2D eigenvalue weighted by Crippen LogP contribution is -2.45. The summed E-state index contributed by atoms with van der Waals surface area (Å²) >= 11 is 0. The lowest BCUT2D eigenvalue weighted by atomic mass is 9.89. The van der Waals surface area contributed by atoms with Crippen LogP contribution in [0.2, 0.25) is 0 Å². The predicted molar refractivity (Wildman–Crippen MR) is 114 cm³/mol. The fraction of sp³-hybridized carbons (Fsp3) is 0.565. The van der Waals surface area contributed by atoms with Crippen LogP contribution < -0.4 is 16.0 Å². The number of hydrogen-bond donors (Lipinski definition) is 3. The fourth-order valence-electron chi connectivity index (χ4n) is 4.56. The molecule has 1 atom stereocenters. The summed E-state index contributed by atoms with van der Waals surface area (Å²) in [6, 6.07) is 6.57. The van der Waals surface area contributed by atoms with Gasteiger partial charge in [-0.3, -0.25) is 19.2 Å². The summed E-state index contributed by atoms with van der Waals surface area (Å²) in [5.74, 6) is -0.625. The lowest BCUT2D eigenvalue weighted by molar-refractivity contribution is -0.129. The molecule has 0 saturated heterocycles. The average molecular weight is 427 g/mol. The van der Waals surface area contributed by atoms with E-state index in [4.69, 9.17) is 0 Å². The molecule has 166 valence electrons. The number of nitrogens with one attached hydrogen (secondary N) is 3. The van der Waals surface area contributed by atoms with Crippen molar-refractivity contribution >= 4 is 23.6 Å². The average Bonchev–Trinajstić information content (AvgIpc) is 3.59. The maximum Gasteiger partial charge on any atom is 0.255 e. The molecule has 1 unspecified atom stereocenters. The molecule has 1 aromatic carbocycles. The molecule has 8 nitrogen and oxygen atoms in total. The molecular weight excluding hydrogens is 396 g/mol. The Morgan fingerprint density at radius 1 is 0.871 bits per heavy atom. The zero-order valence-corrected chi connectivity index (χ0v) is 17.7. The third kappa shape index (κ3) is 4.89. The van der Waals surface area contributed by atoms with Gasteiger partial charge in [-0.25, -0.2) is 0 Å². The van der Waals surface area contributed by atoms with Gasteiger partial charge in [0, 0.05) is 30.6 Å². The summed E-state index contributed by atoms with van der Waals surface area (Å²) in [5, 5.41) is 8.25. The monoisotopic (exact) mass is 426 g/mol. The number of amides is 4. The van der Waals surface area contributed by atoms with E-state index in [9.17, 15) is 19.2 Å². The van der Waals surface area contributed by atoms with Gasteiger partial charge in [0.15, 0.2) is 0 Å². The maximum absolute atomic E-state index is 12.9. The standard InChI is InChI=1S/C23H30N4O4/c28-19(24-12-13-25-21(29)15-6-2-1-3-7-15)14-26-22(30)20-17-8-4-5-9-18(17)23(31)27(20)16-10-11-16/h4-5,8-9,15-16,20H,1-3,6-7,10-14H2,(H,24,28)(H,25,29)(H,26,30). The van der Waals surface area contributed by atoms with E-state index >= 15 is 0 Å². The Morgan fingerprint density at radius 3 is 2.32 bits per heavy atom. The van der Waals surface area contributed by atoms with Crippen molar-refractivity contribution in [2.24, 2.45) is 5.92 Å². The smallest absolute Gasteiger partial charge is 0.255 e. The Morgan fingerprint density at radius 2 is 1.58 bits per heavy atom. The van der Waals surface area contributed by atoms with Crippen LogP contribution >= 0.6 is 0 Å². The molecule has 1 aliphatic heterocycles.